The Morgan fingerprint density at radius 3 is 2.61 bits per heavy atom. The summed E-state index contributed by atoms with van der Waals surface area (Å²) in [6.07, 6.45) is 1.84. The molecule has 100 valence electrons. The Bertz CT molecular complexity index is 425. The van der Waals surface area contributed by atoms with Gasteiger partial charge in [0.05, 0.1) is 13.3 Å². The van der Waals surface area contributed by atoms with Gasteiger partial charge in [-0.1, -0.05) is 19.0 Å². The van der Waals surface area contributed by atoms with Crippen LogP contribution in [0.15, 0.2) is 10.7 Å². The van der Waals surface area contributed by atoms with Crippen molar-refractivity contribution in [2.24, 2.45) is 5.92 Å². The van der Waals surface area contributed by atoms with Crippen molar-refractivity contribution in [1.82, 2.24) is 10.5 Å². The summed E-state index contributed by atoms with van der Waals surface area (Å²) in [5.41, 5.74) is 0.327. The number of amides is 1. The van der Waals surface area contributed by atoms with Gasteiger partial charge in [-0.3, -0.25) is 4.79 Å². The number of nitrogens with one attached hydrogen (secondary N) is 1. The summed E-state index contributed by atoms with van der Waals surface area (Å²) in [6.45, 7) is 5.57. The molecule has 0 aliphatic heterocycles. The third-order valence-corrected chi connectivity index (χ3v) is 2.49. The molecular weight excluding hydrogens is 236 g/mol. The molecule has 0 fully saturated rings. The van der Waals surface area contributed by atoms with Gasteiger partial charge in [0.15, 0.2) is 0 Å². The van der Waals surface area contributed by atoms with E-state index in [4.69, 9.17) is 4.52 Å². The summed E-state index contributed by atoms with van der Waals surface area (Å²) in [6, 6.07) is -0.656. The van der Waals surface area contributed by atoms with Gasteiger partial charge in [-0.05, 0) is 19.3 Å². The van der Waals surface area contributed by atoms with Gasteiger partial charge in [0, 0.05) is 0 Å². The first-order valence-electron chi connectivity index (χ1n) is 5.75. The lowest BCUT2D eigenvalue weighted by molar-refractivity contribution is -0.143. The van der Waals surface area contributed by atoms with Crippen molar-refractivity contribution in [2.45, 2.75) is 33.2 Å². The minimum atomic E-state index is -0.656. The molecule has 1 aromatic rings. The number of carbonyl (C=O) groups excluding carboxylic acids is 2. The summed E-state index contributed by atoms with van der Waals surface area (Å²) in [4.78, 5) is 23.5. The van der Waals surface area contributed by atoms with Crippen LogP contribution in [0.2, 0.25) is 0 Å². The van der Waals surface area contributed by atoms with Crippen molar-refractivity contribution in [2.75, 3.05) is 7.11 Å². The molecule has 1 rings (SSSR count). The van der Waals surface area contributed by atoms with Gasteiger partial charge in [-0.2, -0.15) is 0 Å². The van der Waals surface area contributed by atoms with Gasteiger partial charge in [0.2, 0.25) is 0 Å². The van der Waals surface area contributed by atoms with Crippen LogP contribution in [0.4, 0.5) is 0 Å². The lowest BCUT2D eigenvalue weighted by Gasteiger charge is -2.17. The van der Waals surface area contributed by atoms with Crippen molar-refractivity contribution in [3.05, 3.63) is 17.5 Å². The first-order chi connectivity index (χ1) is 8.45. The fraction of sp³-hybridized carbons (Fsp3) is 0.583. The molecule has 18 heavy (non-hydrogen) atoms. The molecule has 0 radical (unpaired) electrons. The number of hydrogen-bond donors (Lipinski definition) is 1. The highest BCUT2D eigenvalue weighted by Crippen LogP contribution is 2.10. The molecule has 0 spiro atoms. The molecule has 1 unspecified atom stereocenters. The van der Waals surface area contributed by atoms with Crippen LogP contribution in [0, 0.1) is 12.8 Å². The lowest BCUT2D eigenvalue weighted by atomic mass is 10.0. The quantitative estimate of drug-likeness (QED) is 0.801. The van der Waals surface area contributed by atoms with Crippen LogP contribution >= 0.6 is 0 Å². The van der Waals surface area contributed by atoms with Gasteiger partial charge in [-0.25, -0.2) is 4.79 Å². The van der Waals surface area contributed by atoms with Crippen LogP contribution in [-0.2, 0) is 9.53 Å². The number of hydrogen-bond acceptors (Lipinski definition) is 5. The maximum absolute atomic E-state index is 11.9. The van der Waals surface area contributed by atoms with Gasteiger partial charge < -0.3 is 14.6 Å². The topological polar surface area (TPSA) is 81.4 Å². The van der Waals surface area contributed by atoms with Gasteiger partial charge >= 0.3 is 5.97 Å². The van der Waals surface area contributed by atoms with Crippen molar-refractivity contribution in [1.29, 1.82) is 0 Å². The highest BCUT2D eigenvalue weighted by molar-refractivity contribution is 5.97. The van der Waals surface area contributed by atoms with E-state index in [-0.39, 0.29) is 11.8 Å². The molecule has 0 aliphatic carbocycles. The zero-order chi connectivity index (χ0) is 13.7. The number of methoxy groups -OCH3 is 1. The summed E-state index contributed by atoms with van der Waals surface area (Å²) in [5, 5.41) is 6.15. The van der Waals surface area contributed by atoms with Gasteiger partial charge in [-0.15, -0.1) is 0 Å². The second-order valence-electron chi connectivity index (χ2n) is 4.47. The van der Waals surface area contributed by atoms with Crippen LogP contribution in [0.1, 0.15) is 36.4 Å². The molecule has 1 amide bonds. The van der Waals surface area contributed by atoms with E-state index in [9.17, 15) is 9.59 Å². The average Bonchev–Trinajstić information content (AvgIpc) is 2.73. The monoisotopic (exact) mass is 254 g/mol. The molecule has 1 N–H and O–H groups in total. The molecule has 6 nitrogen and oxygen atoms in total. The minimum absolute atomic E-state index is 0.262. The molecule has 6 heteroatoms. The maximum Gasteiger partial charge on any atom is 0.328 e. The number of nitrogens with zero attached hydrogens (tertiary/aromatic N) is 1. The smallest absolute Gasteiger partial charge is 0.328 e. The molecule has 0 aromatic carbocycles. The molecule has 1 heterocycles. The lowest BCUT2D eigenvalue weighted by Crippen LogP contribution is -2.42. The molecule has 0 bridgehead atoms. The average molecular weight is 254 g/mol. The maximum atomic E-state index is 11.9. The SMILES string of the molecule is COC(=O)C(CC(C)C)NC(=O)c1cnoc1C. The Hall–Kier alpha value is -1.85. The van der Waals surface area contributed by atoms with Crippen molar-refractivity contribution >= 4 is 11.9 Å². The summed E-state index contributed by atoms with van der Waals surface area (Å²) < 4.78 is 9.48. The number of carbonyl (C=O) groups is 2. The third kappa shape index (κ3) is 3.58. The van der Waals surface area contributed by atoms with Crippen LogP contribution < -0.4 is 5.32 Å². The standard InChI is InChI=1S/C12H18N2O4/c1-7(2)5-10(12(16)17-4)14-11(15)9-6-13-18-8(9)3/h6-7,10H,5H2,1-4H3,(H,14,15). The van der Waals surface area contributed by atoms with E-state index < -0.39 is 12.0 Å². The molecule has 1 atom stereocenters. The number of rotatable bonds is 5. The summed E-state index contributed by atoms with van der Waals surface area (Å²) in [5.74, 6) is -0.158. The Kier molecular flexibility index (Phi) is 4.88. The van der Waals surface area contributed by atoms with E-state index in [0.29, 0.717) is 17.7 Å². The Balaban J connectivity index is 2.74. The fourth-order valence-corrected chi connectivity index (χ4v) is 1.58. The predicted octanol–water partition coefficient (Wildman–Crippen LogP) is 1.30. The molecule has 0 saturated carbocycles. The Morgan fingerprint density at radius 2 is 2.17 bits per heavy atom. The normalized spacial score (nSPS) is 12.3. The van der Waals surface area contributed by atoms with Crippen molar-refractivity contribution in [3.63, 3.8) is 0 Å². The number of aromatic nitrogens is 1. The molecule has 0 aliphatic rings. The predicted molar refractivity (Wildman–Crippen MR) is 64.0 cm³/mol. The third-order valence-electron chi connectivity index (χ3n) is 2.49. The molecule has 0 saturated heterocycles. The van der Waals surface area contributed by atoms with E-state index >= 15 is 0 Å². The number of esters is 1. The summed E-state index contributed by atoms with van der Waals surface area (Å²) in [7, 11) is 1.30. The van der Waals surface area contributed by atoms with Gasteiger partial charge in [0.25, 0.3) is 5.91 Å². The zero-order valence-corrected chi connectivity index (χ0v) is 11.0. The fourth-order valence-electron chi connectivity index (χ4n) is 1.58. The Morgan fingerprint density at radius 1 is 1.50 bits per heavy atom. The van der Waals surface area contributed by atoms with Crippen LogP contribution in [0.3, 0.4) is 0 Å². The van der Waals surface area contributed by atoms with Crippen molar-refractivity contribution < 1.29 is 18.8 Å². The highest BCUT2D eigenvalue weighted by Gasteiger charge is 2.24. The molecular formula is C12H18N2O4. The van der Waals surface area contributed by atoms with E-state index in [2.05, 4.69) is 15.2 Å². The van der Waals surface area contributed by atoms with E-state index in [0.717, 1.165) is 0 Å². The van der Waals surface area contributed by atoms with Gasteiger partial charge in [0.1, 0.15) is 17.4 Å². The van der Waals surface area contributed by atoms with Crippen LogP contribution in [0.25, 0.3) is 0 Å². The first kappa shape index (κ1) is 14.2. The van der Waals surface area contributed by atoms with E-state index in [1.165, 1.54) is 13.3 Å². The van der Waals surface area contributed by atoms with Crippen LogP contribution in [0.5, 0.6) is 0 Å². The largest absolute Gasteiger partial charge is 0.467 e. The second-order valence-corrected chi connectivity index (χ2v) is 4.47. The van der Waals surface area contributed by atoms with E-state index in [1.807, 2.05) is 13.8 Å². The zero-order valence-electron chi connectivity index (χ0n) is 11.0. The van der Waals surface area contributed by atoms with E-state index in [1.54, 1.807) is 6.92 Å². The summed E-state index contributed by atoms with van der Waals surface area (Å²) >= 11 is 0. The van der Waals surface area contributed by atoms with Crippen LogP contribution in [-0.4, -0.2) is 30.2 Å². The highest BCUT2D eigenvalue weighted by atomic mass is 16.5. The number of aryl methyl sites for hydroxylation is 1. The molecule has 1 aromatic heterocycles. The first-order valence-corrected chi connectivity index (χ1v) is 5.75. The number of ether oxygens (including phenoxy) is 1. The second kappa shape index (κ2) is 6.18. The minimum Gasteiger partial charge on any atom is -0.467 e. The Labute approximate surface area is 106 Å². The van der Waals surface area contributed by atoms with Crippen molar-refractivity contribution in [3.8, 4) is 0 Å².